The number of hydrogen-bond acceptors (Lipinski definition) is 2. The van der Waals surface area contributed by atoms with Crippen LogP contribution in [0.3, 0.4) is 0 Å². The first kappa shape index (κ1) is 9.47. The Kier molecular flexibility index (Phi) is 2.89. The van der Waals surface area contributed by atoms with E-state index in [2.05, 4.69) is 19.2 Å². The first-order valence-corrected chi connectivity index (χ1v) is 5.60. The molecule has 0 aromatic heterocycles. The molecule has 2 unspecified atom stereocenters. The fourth-order valence-corrected chi connectivity index (χ4v) is 1.95. The lowest BCUT2D eigenvalue weighted by Gasteiger charge is -2.32. The van der Waals surface area contributed by atoms with E-state index in [4.69, 9.17) is 4.74 Å². The van der Waals surface area contributed by atoms with Crippen molar-refractivity contribution in [2.24, 2.45) is 11.8 Å². The van der Waals surface area contributed by atoms with Gasteiger partial charge in [-0.3, -0.25) is 0 Å². The van der Waals surface area contributed by atoms with Gasteiger partial charge in [-0.2, -0.15) is 0 Å². The number of hydrogen-bond donors (Lipinski definition) is 1. The van der Waals surface area contributed by atoms with E-state index in [-0.39, 0.29) is 0 Å². The van der Waals surface area contributed by atoms with E-state index >= 15 is 0 Å². The molecule has 2 heteroatoms. The Labute approximate surface area is 81.0 Å². The van der Waals surface area contributed by atoms with Gasteiger partial charge < -0.3 is 10.1 Å². The van der Waals surface area contributed by atoms with Crippen LogP contribution in [0.15, 0.2) is 0 Å². The molecule has 2 nitrogen and oxygen atoms in total. The summed E-state index contributed by atoms with van der Waals surface area (Å²) >= 11 is 0. The summed E-state index contributed by atoms with van der Waals surface area (Å²) in [6, 6.07) is 0.579. The van der Waals surface area contributed by atoms with Crippen molar-refractivity contribution in [3.63, 3.8) is 0 Å². The second-order valence-electron chi connectivity index (χ2n) is 4.89. The summed E-state index contributed by atoms with van der Waals surface area (Å²) in [5, 5.41) is 3.58. The number of rotatable bonds is 3. The van der Waals surface area contributed by atoms with E-state index in [1.165, 1.54) is 19.3 Å². The highest BCUT2D eigenvalue weighted by atomic mass is 16.5. The molecule has 0 radical (unpaired) electrons. The molecule has 1 saturated heterocycles. The molecule has 2 atom stereocenters. The highest BCUT2D eigenvalue weighted by molar-refractivity contribution is 4.83. The molecule has 1 heterocycles. The van der Waals surface area contributed by atoms with Gasteiger partial charge in [0.25, 0.3) is 0 Å². The Morgan fingerprint density at radius 1 is 1.38 bits per heavy atom. The average molecular weight is 183 g/mol. The predicted molar refractivity (Wildman–Crippen MR) is 53.7 cm³/mol. The lowest BCUT2D eigenvalue weighted by Crippen LogP contribution is -2.48. The van der Waals surface area contributed by atoms with Gasteiger partial charge in [0.05, 0.1) is 12.7 Å². The molecular weight excluding hydrogens is 162 g/mol. The second-order valence-corrected chi connectivity index (χ2v) is 4.89. The standard InChI is InChI=1S/C11H21NO/c1-8(2)11-7-13-10(6-12-11)5-9-3-4-9/h8-12H,3-7H2,1-2H3. The Balaban J connectivity index is 1.69. The van der Waals surface area contributed by atoms with Gasteiger partial charge in [0.2, 0.25) is 0 Å². The van der Waals surface area contributed by atoms with Gasteiger partial charge >= 0.3 is 0 Å². The fourth-order valence-electron chi connectivity index (χ4n) is 1.95. The van der Waals surface area contributed by atoms with Crippen molar-refractivity contribution in [3.8, 4) is 0 Å². The van der Waals surface area contributed by atoms with Crippen LogP contribution in [0, 0.1) is 11.8 Å². The van der Waals surface area contributed by atoms with Crippen molar-refractivity contribution in [1.29, 1.82) is 0 Å². The van der Waals surface area contributed by atoms with Crippen LogP contribution in [0.2, 0.25) is 0 Å². The zero-order valence-electron chi connectivity index (χ0n) is 8.75. The van der Waals surface area contributed by atoms with Crippen molar-refractivity contribution >= 4 is 0 Å². The van der Waals surface area contributed by atoms with Crippen LogP contribution in [0.5, 0.6) is 0 Å². The lowest BCUT2D eigenvalue weighted by atomic mass is 10.0. The maximum atomic E-state index is 5.84. The van der Waals surface area contributed by atoms with Crippen LogP contribution in [-0.2, 0) is 4.74 Å². The Morgan fingerprint density at radius 3 is 2.62 bits per heavy atom. The minimum Gasteiger partial charge on any atom is -0.375 e. The summed E-state index contributed by atoms with van der Waals surface area (Å²) in [4.78, 5) is 0. The van der Waals surface area contributed by atoms with Gasteiger partial charge in [-0.1, -0.05) is 26.7 Å². The molecule has 2 aliphatic rings. The number of ether oxygens (including phenoxy) is 1. The van der Waals surface area contributed by atoms with Gasteiger partial charge in [0.15, 0.2) is 0 Å². The summed E-state index contributed by atoms with van der Waals surface area (Å²) in [5.74, 6) is 1.68. The molecule has 0 bridgehead atoms. The summed E-state index contributed by atoms with van der Waals surface area (Å²) in [6.45, 7) is 6.49. The van der Waals surface area contributed by atoms with E-state index in [0.717, 1.165) is 19.1 Å². The number of nitrogens with one attached hydrogen (secondary N) is 1. The summed E-state index contributed by atoms with van der Waals surface area (Å²) in [5.41, 5.74) is 0. The fraction of sp³-hybridized carbons (Fsp3) is 1.00. The first-order valence-electron chi connectivity index (χ1n) is 5.60. The molecule has 76 valence electrons. The Hall–Kier alpha value is -0.0800. The van der Waals surface area contributed by atoms with Gasteiger partial charge in [-0.25, -0.2) is 0 Å². The van der Waals surface area contributed by atoms with Crippen molar-refractivity contribution in [3.05, 3.63) is 0 Å². The third-order valence-corrected chi connectivity index (χ3v) is 3.22. The molecule has 2 fully saturated rings. The molecule has 0 aromatic rings. The molecule has 1 saturated carbocycles. The molecule has 1 aliphatic heterocycles. The minimum atomic E-state index is 0.502. The molecule has 1 N–H and O–H groups in total. The maximum absolute atomic E-state index is 5.84. The zero-order chi connectivity index (χ0) is 9.26. The lowest BCUT2D eigenvalue weighted by molar-refractivity contribution is -0.0124. The highest BCUT2D eigenvalue weighted by Crippen LogP contribution is 2.34. The molecular formula is C11H21NO. The summed E-state index contributed by atoms with van der Waals surface area (Å²) < 4.78 is 5.84. The molecule has 0 aromatic carbocycles. The topological polar surface area (TPSA) is 21.3 Å². The van der Waals surface area contributed by atoms with E-state index in [9.17, 15) is 0 Å². The highest BCUT2D eigenvalue weighted by Gasteiger charge is 2.29. The molecule has 1 aliphatic carbocycles. The Bertz CT molecular complexity index is 157. The van der Waals surface area contributed by atoms with Crippen LogP contribution in [0.4, 0.5) is 0 Å². The van der Waals surface area contributed by atoms with E-state index in [1.54, 1.807) is 0 Å². The van der Waals surface area contributed by atoms with Crippen molar-refractivity contribution < 1.29 is 4.74 Å². The van der Waals surface area contributed by atoms with Gasteiger partial charge in [-0.15, -0.1) is 0 Å². The van der Waals surface area contributed by atoms with Gasteiger partial charge in [0.1, 0.15) is 0 Å². The van der Waals surface area contributed by atoms with Crippen molar-refractivity contribution in [2.75, 3.05) is 13.2 Å². The van der Waals surface area contributed by atoms with Crippen molar-refractivity contribution in [1.82, 2.24) is 5.32 Å². The smallest absolute Gasteiger partial charge is 0.0703 e. The van der Waals surface area contributed by atoms with Crippen molar-refractivity contribution in [2.45, 2.75) is 45.3 Å². The zero-order valence-corrected chi connectivity index (χ0v) is 8.75. The number of morpholine rings is 1. The third kappa shape index (κ3) is 2.68. The van der Waals surface area contributed by atoms with E-state index in [0.29, 0.717) is 18.1 Å². The van der Waals surface area contributed by atoms with Crippen LogP contribution in [0.1, 0.15) is 33.1 Å². The SMILES string of the molecule is CC(C)C1COC(CC2CC2)CN1. The molecule has 13 heavy (non-hydrogen) atoms. The quantitative estimate of drug-likeness (QED) is 0.720. The van der Waals surface area contributed by atoms with Crippen LogP contribution in [-0.4, -0.2) is 25.3 Å². The summed E-state index contributed by atoms with van der Waals surface area (Å²) in [7, 11) is 0. The monoisotopic (exact) mass is 183 g/mol. The summed E-state index contributed by atoms with van der Waals surface area (Å²) in [6.07, 6.45) is 4.67. The second kappa shape index (κ2) is 3.97. The van der Waals surface area contributed by atoms with Gasteiger partial charge in [-0.05, 0) is 18.3 Å². The minimum absolute atomic E-state index is 0.502. The molecule has 0 amide bonds. The molecule has 2 rings (SSSR count). The van der Waals surface area contributed by atoms with Crippen LogP contribution < -0.4 is 5.32 Å². The predicted octanol–water partition coefficient (Wildman–Crippen LogP) is 1.80. The van der Waals surface area contributed by atoms with Crippen LogP contribution >= 0.6 is 0 Å². The largest absolute Gasteiger partial charge is 0.375 e. The Morgan fingerprint density at radius 2 is 2.15 bits per heavy atom. The van der Waals surface area contributed by atoms with E-state index < -0.39 is 0 Å². The van der Waals surface area contributed by atoms with E-state index in [1.807, 2.05) is 0 Å². The first-order chi connectivity index (χ1) is 6.25. The normalized spacial score (nSPS) is 35.3. The van der Waals surface area contributed by atoms with Crippen LogP contribution in [0.25, 0.3) is 0 Å². The maximum Gasteiger partial charge on any atom is 0.0703 e. The average Bonchev–Trinajstić information content (AvgIpc) is 2.89. The van der Waals surface area contributed by atoms with Gasteiger partial charge in [0, 0.05) is 12.6 Å². The molecule has 0 spiro atoms. The third-order valence-electron chi connectivity index (χ3n) is 3.22.